The Morgan fingerprint density at radius 2 is 1.86 bits per heavy atom. The van der Waals surface area contributed by atoms with Crippen LogP contribution in [0, 0.1) is 0 Å². The molecule has 4 heteroatoms. The fourth-order valence-corrected chi connectivity index (χ4v) is 4.21. The Bertz CT molecular complexity index is 1140. The number of aryl methyl sites for hydroxylation is 1. The maximum absolute atomic E-state index is 12.7. The number of hydrogen-bond acceptors (Lipinski definition) is 4. The maximum Gasteiger partial charge on any atom is 0.344 e. The van der Waals surface area contributed by atoms with E-state index in [9.17, 15) is 4.79 Å². The fraction of sp³-hybridized carbons (Fsp3) is 0.292. The van der Waals surface area contributed by atoms with Gasteiger partial charge in [-0.2, -0.15) is 0 Å². The van der Waals surface area contributed by atoms with Crippen LogP contribution in [0.25, 0.3) is 28.2 Å². The van der Waals surface area contributed by atoms with Gasteiger partial charge < -0.3 is 14.6 Å². The first kappa shape index (κ1) is 17.3. The van der Waals surface area contributed by atoms with Crippen LogP contribution in [0.5, 0.6) is 0 Å². The summed E-state index contributed by atoms with van der Waals surface area (Å²) in [6.07, 6.45) is 4.43. The summed E-state index contributed by atoms with van der Waals surface area (Å²) in [7, 11) is 0. The molecule has 2 heterocycles. The average Bonchev–Trinajstić information content (AvgIpc) is 2.73. The molecule has 2 aromatic carbocycles. The number of piperazine rings is 1. The number of allylic oxidation sites excluding steroid dienone is 1. The number of hydrogen-bond donors (Lipinski definition) is 1. The molecule has 1 saturated heterocycles. The summed E-state index contributed by atoms with van der Waals surface area (Å²) in [4.78, 5) is 15.0. The SMILES string of the molecule is CC1=Cc2cc(-c3cc4ccc(N5CCNCC5)cc4c(=O)o3)ccc2CC1. The molecule has 1 aromatic heterocycles. The van der Waals surface area contributed by atoms with Crippen LogP contribution >= 0.6 is 0 Å². The van der Waals surface area contributed by atoms with Crippen molar-refractivity contribution in [2.45, 2.75) is 19.8 Å². The number of nitrogens with zero attached hydrogens (tertiary/aromatic N) is 1. The molecule has 0 saturated carbocycles. The van der Waals surface area contributed by atoms with Crippen molar-refractivity contribution >= 4 is 22.5 Å². The van der Waals surface area contributed by atoms with Crippen molar-refractivity contribution in [1.82, 2.24) is 5.32 Å². The van der Waals surface area contributed by atoms with E-state index in [1.165, 1.54) is 16.7 Å². The first-order valence-corrected chi connectivity index (χ1v) is 10.0. The third-order valence-corrected chi connectivity index (χ3v) is 5.85. The number of benzene rings is 2. The summed E-state index contributed by atoms with van der Waals surface area (Å²) in [5.41, 5.74) is 5.76. The van der Waals surface area contributed by atoms with E-state index in [1.807, 2.05) is 18.2 Å². The highest BCUT2D eigenvalue weighted by Crippen LogP contribution is 2.30. The van der Waals surface area contributed by atoms with Gasteiger partial charge in [0, 0.05) is 37.4 Å². The van der Waals surface area contributed by atoms with Gasteiger partial charge >= 0.3 is 5.63 Å². The number of nitrogens with one attached hydrogen (secondary N) is 1. The average molecular weight is 372 g/mol. The quantitative estimate of drug-likeness (QED) is 0.732. The topological polar surface area (TPSA) is 45.5 Å². The zero-order chi connectivity index (χ0) is 19.1. The van der Waals surface area contributed by atoms with E-state index in [2.05, 4.69) is 47.5 Å². The summed E-state index contributed by atoms with van der Waals surface area (Å²) >= 11 is 0. The van der Waals surface area contributed by atoms with E-state index in [0.29, 0.717) is 11.1 Å². The molecule has 0 unspecified atom stereocenters. The van der Waals surface area contributed by atoms with Gasteiger partial charge in [0.1, 0.15) is 5.76 Å². The Balaban J connectivity index is 1.55. The lowest BCUT2D eigenvalue weighted by Crippen LogP contribution is -2.43. The van der Waals surface area contributed by atoms with Crippen molar-refractivity contribution in [3.05, 3.63) is 69.6 Å². The van der Waals surface area contributed by atoms with Crippen LogP contribution in [-0.2, 0) is 6.42 Å². The third-order valence-electron chi connectivity index (χ3n) is 5.85. The first-order valence-electron chi connectivity index (χ1n) is 10.0. The van der Waals surface area contributed by atoms with Crippen molar-refractivity contribution in [1.29, 1.82) is 0 Å². The lowest BCUT2D eigenvalue weighted by atomic mass is 9.91. The second kappa shape index (κ2) is 6.95. The molecule has 1 aliphatic carbocycles. The number of anilines is 1. The molecular weight excluding hydrogens is 348 g/mol. The highest BCUT2D eigenvalue weighted by Gasteiger charge is 2.14. The van der Waals surface area contributed by atoms with Gasteiger partial charge in [-0.15, -0.1) is 0 Å². The van der Waals surface area contributed by atoms with E-state index in [-0.39, 0.29) is 5.63 Å². The Hall–Kier alpha value is -2.85. The normalized spacial score (nSPS) is 16.8. The second-order valence-corrected chi connectivity index (χ2v) is 7.81. The lowest BCUT2D eigenvalue weighted by molar-refractivity contribution is 0.534. The highest BCUT2D eigenvalue weighted by molar-refractivity contribution is 5.87. The third kappa shape index (κ3) is 3.14. The summed E-state index contributed by atoms with van der Waals surface area (Å²) in [5.74, 6) is 0.631. The summed E-state index contributed by atoms with van der Waals surface area (Å²) in [6, 6.07) is 14.5. The summed E-state index contributed by atoms with van der Waals surface area (Å²) in [5, 5.41) is 4.93. The molecule has 2 aliphatic rings. The summed E-state index contributed by atoms with van der Waals surface area (Å²) in [6.45, 7) is 6.02. The van der Waals surface area contributed by atoms with Crippen LogP contribution < -0.4 is 15.8 Å². The first-order chi connectivity index (χ1) is 13.7. The zero-order valence-corrected chi connectivity index (χ0v) is 16.1. The summed E-state index contributed by atoms with van der Waals surface area (Å²) < 4.78 is 5.73. The molecular formula is C24H24N2O2. The Morgan fingerprint density at radius 3 is 2.71 bits per heavy atom. The van der Waals surface area contributed by atoms with E-state index in [1.54, 1.807) is 0 Å². The maximum atomic E-state index is 12.7. The van der Waals surface area contributed by atoms with Crippen LogP contribution in [0.1, 0.15) is 24.5 Å². The van der Waals surface area contributed by atoms with Gasteiger partial charge in [-0.05, 0) is 60.5 Å². The standard InChI is InChI=1S/C24H24N2O2/c1-16-2-3-17-4-5-19(13-20(17)12-16)23-14-18-6-7-21(15-22(18)24(27)28-23)26-10-8-25-9-11-26/h4-7,12-15,25H,2-3,8-11H2,1H3. The number of fused-ring (bicyclic) bond motifs is 2. The molecule has 0 bridgehead atoms. The van der Waals surface area contributed by atoms with E-state index < -0.39 is 0 Å². The predicted octanol–water partition coefficient (Wildman–Crippen LogP) is 4.22. The molecule has 1 fully saturated rings. The molecule has 0 spiro atoms. The molecule has 1 aliphatic heterocycles. The van der Waals surface area contributed by atoms with Crippen molar-refractivity contribution in [3.8, 4) is 11.3 Å². The van der Waals surface area contributed by atoms with Gasteiger partial charge in [-0.1, -0.05) is 29.8 Å². The number of rotatable bonds is 2. The van der Waals surface area contributed by atoms with Crippen LogP contribution in [0.2, 0.25) is 0 Å². The van der Waals surface area contributed by atoms with Gasteiger partial charge in [-0.25, -0.2) is 4.79 Å². The van der Waals surface area contributed by atoms with Gasteiger partial charge in [0.25, 0.3) is 0 Å². The fourth-order valence-electron chi connectivity index (χ4n) is 4.21. The smallest absolute Gasteiger partial charge is 0.344 e. The minimum atomic E-state index is -0.270. The predicted molar refractivity (Wildman–Crippen MR) is 115 cm³/mol. The van der Waals surface area contributed by atoms with Crippen molar-refractivity contribution in [2.24, 2.45) is 0 Å². The van der Waals surface area contributed by atoms with E-state index >= 15 is 0 Å². The van der Waals surface area contributed by atoms with Gasteiger partial charge in [0.05, 0.1) is 5.39 Å². The van der Waals surface area contributed by atoms with E-state index in [0.717, 1.165) is 55.7 Å². The minimum Gasteiger partial charge on any atom is -0.422 e. The van der Waals surface area contributed by atoms with Crippen LogP contribution in [0.4, 0.5) is 5.69 Å². The highest BCUT2D eigenvalue weighted by atomic mass is 16.4. The van der Waals surface area contributed by atoms with Crippen molar-refractivity contribution in [2.75, 3.05) is 31.1 Å². The molecule has 28 heavy (non-hydrogen) atoms. The van der Waals surface area contributed by atoms with Crippen LogP contribution in [0.3, 0.4) is 0 Å². The Labute approximate surface area is 164 Å². The molecule has 5 rings (SSSR count). The molecule has 3 aromatic rings. The van der Waals surface area contributed by atoms with Crippen LogP contribution in [0.15, 0.2) is 57.2 Å². The second-order valence-electron chi connectivity index (χ2n) is 7.81. The molecule has 4 nitrogen and oxygen atoms in total. The van der Waals surface area contributed by atoms with Crippen molar-refractivity contribution in [3.63, 3.8) is 0 Å². The zero-order valence-electron chi connectivity index (χ0n) is 16.1. The molecule has 142 valence electrons. The molecule has 0 amide bonds. The minimum absolute atomic E-state index is 0.270. The van der Waals surface area contributed by atoms with Crippen molar-refractivity contribution < 1.29 is 4.42 Å². The molecule has 0 atom stereocenters. The van der Waals surface area contributed by atoms with Gasteiger partial charge in [0.15, 0.2) is 0 Å². The Morgan fingerprint density at radius 1 is 1.00 bits per heavy atom. The molecule has 0 radical (unpaired) electrons. The van der Waals surface area contributed by atoms with Gasteiger partial charge in [0.2, 0.25) is 0 Å². The monoisotopic (exact) mass is 372 g/mol. The Kier molecular flexibility index (Phi) is 4.29. The largest absolute Gasteiger partial charge is 0.422 e. The van der Waals surface area contributed by atoms with Gasteiger partial charge in [-0.3, -0.25) is 0 Å². The van der Waals surface area contributed by atoms with Crippen LogP contribution in [-0.4, -0.2) is 26.2 Å². The lowest BCUT2D eigenvalue weighted by Gasteiger charge is -2.29. The van der Waals surface area contributed by atoms with E-state index in [4.69, 9.17) is 4.42 Å². The molecule has 1 N–H and O–H groups in total.